The van der Waals surface area contributed by atoms with Crippen molar-refractivity contribution in [3.05, 3.63) is 27.4 Å². The normalized spacial score (nSPS) is 11.7. The number of nitrogens with zero attached hydrogens (tertiary/aromatic N) is 2. The van der Waals surface area contributed by atoms with Gasteiger partial charge in [0.25, 0.3) is 0 Å². The van der Waals surface area contributed by atoms with Crippen molar-refractivity contribution < 1.29 is 14.5 Å². The number of esters is 1. The first-order valence-corrected chi connectivity index (χ1v) is 4.98. The van der Waals surface area contributed by atoms with E-state index in [1.807, 2.05) is 0 Å². The van der Waals surface area contributed by atoms with Gasteiger partial charge >= 0.3 is 11.7 Å². The molecule has 0 saturated heterocycles. The van der Waals surface area contributed by atoms with Gasteiger partial charge in [-0.15, -0.1) is 0 Å². The number of carbonyl (C=O) groups excluding carboxylic acids is 1. The van der Waals surface area contributed by atoms with Crippen LogP contribution in [0.1, 0.15) is 6.92 Å². The Morgan fingerprint density at radius 1 is 1.65 bits per heavy atom. The molecular weight excluding hydrogens is 250 g/mol. The molecule has 0 aromatic carbocycles. The number of nitro groups is 1. The lowest BCUT2D eigenvalue weighted by molar-refractivity contribution is -0.384. The van der Waals surface area contributed by atoms with Gasteiger partial charge in [-0.25, -0.2) is 9.78 Å². The minimum atomic E-state index is -0.760. The quantitative estimate of drug-likeness (QED) is 0.382. The molecule has 0 unspecified atom stereocenters. The lowest BCUT2D eigenvalue weighted by atomic mass is 10.3. The van der Waals surface area contributed by atoms with Gasteiger partial charge in [0.15, 0.2) is 0 Å². The van der Waals surface area contributed by atoms with Crippen molar-refractivity contribution >= 4 is 29.1 Å². The number of rotatable bonds is 4. The van der Waals surface area contributed by atoms with Gasteiger partial charge in [-0.3, -0.25) is 10.1 Å². The summed E-state index contributed by atoms with van der Waals surface area (Å²) in [6, 6.07) is 1.75. The molecule has 1 atom stereocenters. The Hall–Kier alpha value is -1.89. The summed E-state index contributed by atoms with van der Waals surface area (Å²) < 4.78 is 4.48. The van der Waals surface area contributed by atoms with E-state index in [-0.39, 0.29) is 16.7 Å². The molecule has 0 aliphatic heterocycles. The van der Waals surface area contributed by atoms with Gasteiger partial charge in [0.05, 0.1) is 12.0 Å². The Labute approximate surface area is 102 Å². The van der Waals surface area contributed by atoms with Crippen molar-refractivity contribution in [1.82, 2.24) is 4.98 Å². The predicted octanol–water partition coefficient (Wildman–Crippen LogP) is 1.62. The first-order chi connectivity index (χ1) is 7.95. The summed E-state index contributed by atoms with van der Waals surface area (Å²) >= 11 is 5.63. The molecule has 0 aliphatic rings. The number of pyridine rings is 1. The van der Waals surface area contributed by atoms with E-state index >= 15 is 0 Å². The highest BCUT2D eigenvalue weighted by molar-refractivity contribution is 6.29. The molecule has 0 bridgehead atoms. The lowest BCUT2D eigenvalue weighted by Gasteiger charge is -2.12. The Morgan fingerprint density at radius 3 is 2.82 bits per heavy atom. The van der Waals surface area contributed by atoms with E-state index in [1.165, 1.54) is 26.2 Å². The van der Waals surface area contributed by atoms with Gasteiger partial charge in [0, 0.05) is 6.07 Å². The minimum absolute atomic E-state index is 0.0691. The molecule has 0 radical (unpaired) electrons. The second-order valence-electron chi connectivity index (χ2n) is 3.15. The molecule has 1 rings (SSSR count). The van der Waals surface area contributed by atoms with Crippen LogP contribution in [0.25, 0.3) is 0 Å². The first kappa shape index (κ1) is 13.2. The second kappa shape index (κ2) is 5.44. The number of aromatic nitrogens is 1. The Bertz CT molecular complexity index is 452. The van der Waals surface area contributed by atoms with Crippen molar-refractivity contribution in [2.75, 3.05) is 12.4 Å². The SMILES string of the molecule is COC(=O)[C@@H](C)Nc1nc(Cl)ccc1[N+](=O)[O-]. The summed E-state index contributed by atoms with van der Waals surface area (Å²) in [6.45, 7) is 1.50. The number of ether oxygens (including phenoxy) is 1. The van der Waals surface area contributed by atoms with Crippen LogP contribution in [0.4, 0.5) is 11.5 Å². The zero-order valence-corrected chi connectivity index (χ0v) is 9.89. The molecule has 0 amide bonds. The van der Waals surface area contributed by atoms with Crippen LogP contribution in [0.15, 0.2) is 12.1 Å². The maximum atomic E-state index is 11.2. The number of anilines is 1. The molecule has 0 saturated carbocycles. The van der Waals surface area contributed by atoms with Gasteiger partial charge in [0.1, 0.15) is 11.2 Å². The summed E-state index contributed by atoms with van der Waals surface area (Å²) in [5.74, 6) is -0.624. The predicted molar refractivity (Wildman–Crippen MR) is 61.0 cm³/mol. The summed E-state index contributed by atoms with van der Waals surface area (Å²) in [7, 11) is 1.22. The second-order valence-corrected chi connectivity index (χ2v) is 3.54. The summed E-state index contributed by atoms with van der Waals surface area (Å²) in [4.78, 5) is 25.0. The van der Waals surface area contributed by atoms with Crippen molar-refractivity contribution in [3.63, 3.8) is 0 Å². The summed E-state index contributed by atoms with van der Waals surface area (Å²) in [6.07, 6.45) is 0. The van der Waals surface area contributed by atoms with Crippen LogP contribution in [0.2, 0.25) is 5.15 Å². The Balaban J connectivity index is 3.00. The van der Waals surface area contributed by atoms with E-state index in [0.717, 1.165) is 0 Å². The van der Waals surface area contributed by atoms with Crippen LogP contribution in [0.3, 0.4) is 0 Å². The first-order valence-electron chi connectivity index (χ1n) is 4.61. The monoisotopic (exact) mass is 259 g/mol. The van der Waals surface area contributed by atoms with Crippen molar-refractivity contribution in [1.29, 1.82) is 0 Å². The molecule has 1 N–H and O–H groups in total. The maximum Gasteiger partial charge on any atom is 0.328 e. The Morgan fingerprint density at radius 2 is 2.29 bits per heavy atom. The number of hydrogen-bond acceptors (Lipinski definition) is 6. The molecular formula is C9H10ClN3O4. The average molecular weight is 260 g/mol. The molecule has 17 heavy (non-hydrogen) atoms. The van der Waals surface area contributed by atoms with Gasteiger partial charge in [-0.05, 0) is 13.0 Å². The fourth-order valence-corrected chi connectivity index (χ4v) is 1.27. The molecule has 0 spiro atoms. The molecule has 1 heterocycles. The van der Waals surface area contributed by atoms with Gasteiger partial charge in [-0.1, -0.05) is 11.6 Å². The van der Waals surface area contributed by atoms with Crippen LogP contribution >= 0.6 is 11.6 Å². The van der Waals surface area contributed by atoms with Crippen LogP contribution in [0, 0.1) is 10.1 Å². The third-order valence-corrected chi connectivity index (χ3v) is 2.16. The summed E-state index contributed by atoms with van der Waals surface area (Å²) in [5.41, 5.74) is -0.259. The summed E-state index contributed by atoms with van der Waals surface area (Å²) in [5, 5.41) is 13.4. The number of hydrogen-bond donors (Lipinski definition) is 1. The highest BCUT2D eigenvalue weighted by Crippen LogP contribution is 2.24. The number of nitrogens with one attached hydrogen (secondary N) is 1. The van der Waals surface area contributed by atoms with Crippen LogP contribution in [0.5, 0.6) is 0 Å². The zero-order chi connectivity index (χ0) is 13.0. The van der Waals surface area contributed by atoms with Crippen LogP contribution < -0.4 is 5.32 Å². The lowest BCUT2D eigenvalue weighted by Crippen LogP contribution is -2.28. The molecule has 0 fully saturated rings. The van der Waals surface area contributed by atoms with Crippen molar-refractivity contribution in [2.45, 2.75) is 13.0 Å². The van der Waals surface area contributed by atoms with E-state index < -0.39 is 16.9 Å². The largest absolute Gasteiger partial charge is 0.467 e. The topological polar surface area (TPSA) is 94.4 Å². The number of methoxy groups -OCH3 is 1. The van der Waals surface area contributed by atoms with Gasteiger partial charge in [-0.2, -0.15) is 0 Å². The number of halogens is 1. The van der Waals surface area contributed by atoms with E-state index in [9.17, 15) is 14.9 Å². The minimum Gasteiger partial charge on any atom is -0.467 e. The maximum absolute atomic E-state index is 11.2. The Kier molecular flexibility index (Phi) is 4.22. The number of carbonyl (C=O) groups is 1. The average Bonchev–Trinajstić information content (AvgIpc) is 2.27. The third kappa shape index (κ3) is 3.28. The highest BCUT2D eigenvalue weighted by atomic mass is 35.5. The van der Waals surface area contributed by atoms with Crippen molar-refractivity contribution in [3.8, 4) is 0 Å². The van der Waals surface area contributed by atoms with Gasteiger partial charge in [0.2, 0.25) is 5.82 Å². The van der Waals surface area contributed by atoms with E-state index in [2.05, 4.69) is 15.0 Å². The van der Waals surface area contributed by atoms with Crippen molar-refractivity contribution in [2.24, 2.45) is 0 Å². The molecule has 7 nitrogen and oxygen atoms in total. The molecule has 92 valence electrons. The smallest absolute Gasteiger partial charge is 0.328 e. The van der Waals surface area contributed by atoms with Crippen LogP contribution in [-0.4, -0.2) is 29.0 Å². The highest BCUT2D eigenvalue weighted by Gasteiger charge is 2.20. The standard InChI is InChI=1S/C9H10ClN3O4/c1-5(9(14)17-2)11-8-6(13(15)16)3-4-7(10)12-8/h3-5H,1-2H3,(H,11,12)/t5-/m1/s1. The fourth-order valence-electron chi connectivity index (χ4n) is 1.12. The van der Waals surface area contributed by atoms with Gasteiger partial charge < -0.3 is 10.1 Å². The van der Waals surface area contributed by atoms with E-state index in [4.69, 9.17) is 11.6 Å². The zero-order valence-electron chi connectivity index (χ0n) is 9.14. The van der Waals surface area contributed by atoms with Crippen LogP contribution in [-0.2, 0) is 9.53 Å². The molecule has 0 aliphatic carbocycles. The molecule has 1 aromatic heterocycles. The fraction of sp³-hybridized carbons (Fsp3) is 0.333. The third-order valence-electron chi connectivity index (χ3n) is 1.94. The van der Waals surface area contributed by atoms with E-state index in [1.54, 1.807) is 0 Å². The molecule has 1 aromatic rings. The van der Waals surface area contributed by atoms with E-state index in [0.29, 0.717) is 0 Å². The molecule has 8 heteroatoms.